The van der Waals surface area contributed by atoms with E-state index < -0.39 is 5.92 Å². The number of thioether (sulfide) groups is 1. The van der Waals surface area contributed by atoms with Gasteiger partial charge in [0.15, 0.2) is 11.5 Å². The first-order chi connectivity index (χ1) is 17.4. The van der Waals surface area contributed by atoms with Gasteiger partial charge in [0, 0.05) is 17.0 Å². The molecule has 0 spiro atoms. The standard InChI is InChI=1S/C27H29N3O5S/c1-5-13-35-23(31)16-36-27-20(15-28)25(18-11-12-21(33-3)22(14-18)34-4)24(17(2)29-27)26(32)30-19-9-7-6-8-10-19/h6-12,14,25,29H,5,13,16H2,1-4H3,(H,30,32). The lowest BCUT2D eigenvalue weighted by atomic mass is 9.82. The lowest BCUT2D eigenvalue weighted by Crippen LogP contribution is -2.31. The first kappa shape index (κ1) is 26.7. The number of para-hydroxylation sites is 1. The van der Waals surface area contributed by atoms with Crippen molar-refractivity contribution in [3.8, 4) is 17.6 Å². The number of hydrogen-bond acceptors (Lipinski definition) is 8. The largest absolute Gasteiger partial charge is 0.493 e. The number of dihydropyridines is 1. The summed E-state index contributed by atoms with van der Waals surface area (Å²) in [6, 6.07) is 16.7. The van der Waals surface area contributed by atoms with Crippen molar-refractivity contribution >= 4 is 29.3 Å². The van der Waals surface area contributed by atoms with Gasteiger partial charge in [-0.3, -0.25) is 9.59 Å². The van der Waals surface area contributed by atoms with Gasteiger partial charge in [0.05, 0.1) is 49.2 Å². The normalized spacial score (nSPS) is 15.0. The van der Waals surface area contributed by atoms with Crippen molar-refractivity contribution < 1.29 is 23.8 Å². The molecule has 2 aromatic carbocycles. The van der Waals surface area contributed by atoms with E-state index in [4.69, 9.17) is 14.2 Å². The molecular weight excluding hydrogens is 478 g/mol. The molecule has 0 fully saturated rings. The van der Waals surface area contributed by atoms with Crippen molar-refractivity contribution in [2.24, 2.45) is 0 Å². The predicted octanol–water partition coefficient (Wildman–Crippen LogP) is 4.72. The van der Waals surface area contributed by atoms with Gasteiger partial charge in [-0.05, 0) is 43.2 Å². The van der Waals surface area contributed by atoms with Crippen LogP contribution in [0, 0.1) is 11.3 Å². The van der Waals surface area contributed by atoms with Gasteiger partial charge in [-0.2, -0.15) is 5.26 Å². The summed E-state index contributed by atoms with van der Waals surface area (Å²) in [6.07, 6.45) is 0.726. The van der Waals surface area contributed by atoms with Crippen LogP contribution in [0.15, 0.2) is 70.4 Å². The lowest BCUT2D eigenvalue weighted by Gasteiger charge is -2.30. The van der Waals surface area contributed by atoms with E-state index in [1.54, 1.807) is 37.3 Å². The van der Waals surface area contributed by atoms with E-state index in [1.807, 2.05) is 25.1 Å². The number of benzene rings is 2. The van der Waals surface area contributed by atoms with Crippen molar-refractivity contribution in [1.29, 1.82) is 5.26 Å². The molecule has 0 bridgehead atoms. The third-order valence-corrected chi connectivity index (χ3v) is 6.46. The fraction of sp³-hybridized carbons (Fsp3) is 0.296. The number of amides is 1. The van der Waals surface area contributed by atoms with Crippen molar-refractivity contribution in [2.45, 2.75) is 26.2 Å². The minimum Gasteiger partial charge on any atom is -0.493 e. The number of hydrogen-bond donors (Lipinski definition) is 2. The molecule has 9 heteroatoms. The average Bonchev–Trinajstić information content (AvgIpc) is 2.90. The van der Waals surface area contributed by atoms with Crippen LogP contribution in [0.3, 0.4) is 0 Å². The zero-order chi connectivity index (χ0) is 26.1. The molecule has 2 aromatic rings. The molecular formula is C27H29N3O5S. The molecule has 1 aliphatic rings. The third kappa shape index (κ3) is 6.20. The Morgan fingerprint density at radius 1 is 1.11 bits per heavy atom. The highest BCUT2D eigenvalue weighted by Crippen LogP contribution is 2.43. The lowest BCUT2D eigenvalue weighted by molar-refractivity contribution is -0.140. The van der Waals surface area contributed by atoms with Gasteiger partial charge in [0.25, 0.3) is 5.91 Å². The number of nitriles is 1. The molecule has 8 nitrogen and oxygen atoms in total. The first-order valence-corrected chi connectivity index (χ1v) is 12.4. The molecule has 0 saturated carbocycles. The Hall–Kier alpha value is -3.90. The number of rotatable bonds is 10. The number of carbonyl (C=O) groups excluding carboxylic acids is 2. The second-order valence-corrected chi connectivity index (χ2v) is 8.88. The summed E-state index contributed by atoms with van der Waals surface area (Å²) in [5.74, 6) is -0.375. The van der Waals surface area contributed by atoms with Crippen LogP contribution < -0.4 is 20.1 Å². The van der Waals surface area contributed by atoms with Crippen LogP contribution >= 0.6 is 11.8 Å². The van der Waals surface area contributed by atoms with E-state index >= 15 is 0 Å². The topological polar surface area (TPSA) is 110 Å². The second-order valence-electron chi connectivity index (χ2n) is 7.90. The number of allylic oxidation sites excluding steroid dienone is 2. The summed E-state index contributed by atoms with van der Waals surface area (Å²) in [4.78, 5) is 25.6. The third-order valence-electron chi connectivity index (χ3n) is 5.47. The Balaban J connectivity index is 2.05. The Labute approximate surface area is 215 Å². The summed E-state index contributed by atoms with van der Waals surface area (Å²) in [6.45, 7) is 4.04. The Bertz CT molecular complexity index is 1220. The summed E-state index contributed by atoms with van der Waals surface area (Å²) in [5, 5.41) is 16.8. The smallest absolute Gasteiger partial charge is 0.316 e. The van der Waals surface area contributed by atoms with Crippen molar-refractivity contribution in [3.05, 3.63) is 76.0 Å². The van der Waals surface area contributed by atoms with Crippen LogP contribution in [-0.4, -0.2) is 38.5 Å². The van der Waals surface area contributed by atoms with E-state index in [9.17, 15) is 14.9 Å². The highest BCUT2D eigenvalue weighted by molar-refractivity contribution is 8.03. The van der Waals surface area contributed by atoms with E-state index in [0.717, 1.165) is 6.42 Å². The SMILES string of the molecule is CCCOC(=O)CSC1=C(C#N)C(c2ccc(OC)c(OC)c2)C(C(=O)Nc2ccccc2)=C(C)N1. The number of carbonyl (C=O) groups is 2. The molecule has 1 unspecified atom stereocenters. The van der Waals surface area contributed by atoms with Gasteiger partial charge in [-0.1, -0.05) is 43.0 Å². The van der Waals surface area contributed by atoms with Gasteiger partial charge >= 0.3 is 5.97 Å². The second kappa shape index (κ2) is 12.7. The Morgan fingerprint density at radius 3 is 2.47 bits per heavy atom. The van der Waals surface area contributed by atoms with Gasteiger partial charge < -0.3 is 24.8 Å². The minimum atomic E-state index is -0.700. The summed E-state index contributed by atoms with van der Waals surface area (Å²) in [5.41, 5.74) is 2.59. The maximum atomic E-state index is 13.5. The number of methoxy groups -OCH3 is 2. The fourth-order valence-corrected chi connectivity index (χ4v) is 4.69. The van der Waals surface area contributed by atoms with Crippen LogP contribution in [0.25, 0.3) is 0 Å². The fourth-order valence-electron chi connectivity index (χ4n) is 3.80. The summed E-state index contributed by atoms with van der Waals surface area (Å²) < 4.78 is 16.0. The van der Waals surface area contributed by atoms with E-state index in [0.29, 0.717) is 51.2 Å². The van der Waals surface area contributed by atoms with Crippen molar-refractivity contribution in [1.82, 2.24) is 5.32 Å². The van der Waals surface area contributed by atoms with Crippen LogP contribution in [-0.2, 0) is 14.3 Å². The zero-order valence-corrected chi connectivity index (χ0v) is 21.5. The molecule has 1 aliphatic heterocycles. The monoisotopic (exact) mass is 507 g/mol. The predicted molar refractivity (Wildman–Crippen MR) is 140 cm³/mol. The Morgan fingerprint density at radius 2 is 1.83 bits per heavy atom. The molecule has 0 saturated heterocycles. The first-order valence-electron chi connectivity index (χ1n) is 11.4. The number of nitrogens with zero attached hydrogens (tertiary/aromatic N) is 1. The van der Waals surface area contributed by atoms with Crippen LogP contribution in [0.2, 0.25) is 0 Å². The van der Waals surface area contributed by atoms with Crippen molar-refractivity contribution in [3.63, 3.8) is 0 Å². The van der Waals surface area contributed by atoms with Crippen LogP contribution in [0.1, 0.15) is 31.7 Å². The molecule has 0 radical (unpaired) electrons. The number of anilines is 1. The molecule has 1 atom stereocenters. The van der Waals surface area contributed by atoms with E-state index in [-0.39, 0.29) is 17.6 Å². The Kier molecular flexibility index (Phi) is 9.42. The number of esters is 1. The maximum Gasteiger partial charge on any atom is 0.316 e. The van der Waals surface area contributed by atoms with Gasteiger partial charge in [-0.15, -0.1) is 0 Å². The molecule has 3 rings (SSSR count). The molecule has 1 amide bonds. The average molecular weight is 508 g/mol. The number of ether oxygens (including phenoxy) is 3. The maximum absolute atomic E-state index is 13.5. The van der Waals surface area contributed by atoms with Gasteiger partial charge in [-0.25, -0.2) is 0 Å². The number of nitrogens with one attached hydrogen (secondary N) is 2. The highest BCUT2D eigenvalue weighted by atomic mass is 32.2. The molecule has 1 heterocycles. The van der Waals surface area contributed by atoms with E-state index in [2.05, 4.69) is 16.7 Å². The van der Waals surface area contributed by atoms with Gasteiger partial charge in [0.2, 0.25) is 0 Å². The highest BCUT2D eigenvalue weighted by Gasteiger charge is 2.35. The quantitative estimate of drug-likeness (QED) is 0.445. The van der Waals surface area contributed by atoms with Crippen LogP contribution in [0.5, 0.6) is 11.5 Å². The van der Waals surface area contributed by atoms with Gasteiger partial charge in [0.1, 0.15) is 0 Å². The minimum absolute atomic E-state index is 0.0327. The summed E-state index contributed by atoms with van der Waals surface area (Å²) >= 11 is 1.18. The molecule has 188 valence electrons. The van der Waals surface area contributed by atoms with E-state index in [1.165, 1.54) is 26.0 Å². The molecule has 0 aromatic heterocycles. The molecule has 36 heavy (non-hydrogen) atoms. The van der Waals surface area contributed by atoms with Crippen molar-refractivity contribution in [2.75, 3.05) is 31.9 Å². The molecule has 0 aliphatic carbocycles. The zero-order valence-electron chi connectivity index (χ0n) is 20.7. The van der Waals surface area contributed by atoms with Crippen LogP contribution in [0.4, 0.5) is 5.69 Å². The molecule has 2 N–H and O–H groups in total. The summed E-state index contributed by atoms with van der Waals surface area (Å²) in [7, 11) is 3.07.